The minimum Gasteiger partial charge on any atom is -0.272 e. The van der Waals surface area contributed by atoms with E-state index in [0.29, 0.717) is 18.9 Å². The lowest BCUT2D eigenvalue weighted by Crippen LogP contribution is -2.37. The largest absolute Gasteiger partial charge is 0.272 e. The molecule has 1 aliphatic heterocycles. The molecule has 4 rings (SSSR count). The third-order valence-corrected chi connectivity index (χ3v) is 5.82. The molecule has 148 valence electrons. The first-order valence-electron chi connectivity index (χ1n) is 9.94. The summed E-state index contributed by atoms with van der Waals surface area (Å²) in [6.07, 6.45) is 11.2. The number of pyridine rings is 1. The number of amides is 1. The van der Waals surface area contributed by atoms with Crippen LogP contribution in [0.2, 0.25) is 0 Å². The van der Waals surface area contributed by atoms with Gasteiger partial charge < -0.3 is 0 Å². The molecule has 0 unspecified atom stereocenters. The summed E-state index contributed by atoms with van der Waals surface area (Å²) in [5.74, 6) is 0.159. The summed E-state index contributed by atoms with van der Waals surface area (Å²) in [5.41, 5.74) is 2.33. The number of carbonyl (C=O) groups excluding carboxylic acids is 1. The maximum absolute atomic E-state index is 14.0. The third kappa shape index (κ3) is 4.04. The Balaban J connectivity index is 1.35. The average molecular weight is 384 g/mol. The quantitative estimate of drug-likeness (QED) is 0.806. The molecule has 0 radical (unpaired) electrons. The molecule has 7 heteroatoms. The lowest BCUT2D eigenvalue weighted by Gasteiger charge is -2.31. The first-order valence-corrected chi connectivity index (χ1v) is 9.94. The van der Waals surface area contributed by atoms with Gasteiger partial charge in [-0.05, 0) is 56.6 Å². The molecule has 0 N–H and O–H groups in total. The van der Waals surface area contributed by atoms with Crippen molar-refractivity contribution in [2.45, 2.75) is 51.5 Å². The van der Waals surface area contributed by atoms with E-state index in [1.807, 2.05) is 13.0 Å². The van der Waals surface area contributed by atoms with Crippen molar-refractivity contribution in [1.29, 1.82) is 0 Å². The van der Waals surface area contributed by atoms with Crippen LogP contribution in [0.3, 0.4) is 0 Å². The van der Waals surface area contributed by atoms with Gasteiger partial charge in [-0.2, -0.15) is 0 Å². The summed E-state index contributed by atoms with van der Waals surface area (Å²) in [5, 5.41) is 1.51. The molecule has 2 aromatic rings. The van der Waals surface area contributed by atoms with Crippen LogP contribution in [-0.2, 0) is 16.1 Å². The molecule has 1 atom stereocenters. The van der Waals surface area contributed by atoms with Crippen LogP contribution in [0.1, 0.15) is 55.1 Å². The molecule has 2 aromatic heterocycles. The van der Waals surface area contributed by atoms with Crippen molar-refractivity contribution in [3.05, 3.63) is 53.6 Å². The molecular weight excluding hydrogens is 359 g/mol. The van der Waals surface area contributed by atoms with E-state index in [4.69, 9.17) is 4.84 Å². The van der Waals surface area contributed by atoms with Gasteiger partial charge in [0.25, 0.3) is 0 Å². The van der Waals surface area contributed by atoms with Gasteiger partial charge in [-0.25, -0.2) is 9.45 Å². The first kappa shape index (κ1) is 18.9. The highest BCUT2D eigenvalue weighted by atomic mass is 19.1. The van der Waals surface area contributed by atoms with E-state index in [9.17, 15) is 9.18 Å². The minimum atomic E-state index is -0.235. The Hall–Kier alpha value is -2.41. The Morgan fingerprint density at radius 3 is 2.75 bits per heavy atom. The summed E-state index contributed by atoms with van der Waals surface area (Å²) < 4.78 is 14.0. The lowest BCUT2D eigenvalue weighted by molar-refractivity contribution is -0.183. The van der Waals surface area contributed by atoms with E-state index in [0.717, 1.165) is 49.1 Å². The van der Waals surface area contributed by atoms with Crippen LogP contribution in [0.15, 0.2) is 30.9 Å². The van der Waals surface area contributed by atoms with Crippen LogP contribution >= 0.6 is 0 Å². The van der Waals surface area contributed by atoms with Crippen LogP contribution in [0.5, 0.6) is 0 Å². The lowest BCUT2D eigenvalue weighted by atomic mass is 9.78. The zero-order chi connectivity index (χ0) is 19.5. The maximum atomic E-state index is 14.0. The topological polar surface area (TPSA) is 68.2 Å². The number of halogens is 1. The summed E-state index contributed by atoms with van der Waals surface area (Å²) >= 11 is 0. The predicted molar refractivity (Wildman–Crippen MR) is 100 cm³/mol. The molecule has 0 bridgehead atoms. The summed E-state index contributed by atoms with van der Waals surface area (Å²) in [6.45, 7) is 2.39. The average Bonchev–Trinajstić information content (AvgIpc) is 3.21. The fourth-order valence-corrected chi connectivity index (χ4v) is 4.30. The molecule has 1 saturated carbocycles. The van der Waals surface area contributed by atoms with Crippen LogP contribution in [0.25, 0.3) is 0 Å². The van der Waals surface area contributed by atoms with Gasteiger partial charge in [-0.15, -0.1) is 0 Å². The molecular formula is C21H25FN4O2. The maximum Gasteiger partial charge on any atom is 0.249 e. The minimum absolute atomic E-state index is 0.0394. The monoisotopic (exact) mass is 384 g/mol. The smallest absolute Gasteiger partial charge is 0.249 e. The van der Waals surface area contributed by atoms with Crippen molar-refractivity contribution >= 4 is 5.91 Å². The van der Waals surface area contributed by atoms with Gasteiger partial charge in [-0.3, -0.25) is 24.6 Å². The molecule has 3 heterocycles. The number of hydrogen-bond acceptors (Lipinski definition) is 5. The number of nitrogens with zero attached hydrogens (tertiary/aromatic N) is 4. The van der Waals surface area contributed by atoms with Crippen molar-refractivity contribution < 1.29 is 14.0 Å². The molecule has 2 aliphatic rings. The van der Waals surface area contributed by atoms with Crippen molar-refractivity contribution in [3.8, 4) is 0 Å². The van der Waals surface area contributed by atoms with Gasteiger partial charge in [0.1, 0.15) is 11.9 Å². The number of aryl methyl sites for hydroxylation is 1. The summed E-state index contributed by atoms with van der Waals surface area (Å²) in [4.78, 5) is 31.1. The number of hydrogen-bond donors (Lipinski definition) is 0. The zero-order valence-corrected chi connectivity index (χ0v) is 16.1. The van der Waals surface area contributed by atoms with Gasteiger partial charge >= 0.3 is 0 Å². The van der Waals surface area contributed by atoms with Gasteiger partial charge in [0, 0.05) is 30.4 Å². The highest BCUT2D eigenvalue weighted by Gasteiger charge is 2.38. The van der Waals surface area contributed by atoms with Crippen molar-refractivity contribution in [2.24, 2.45) is 11.8 Å². The SMILES string of the molecule is Cc1cc(CC2CCC(C(=O)N3OCC[C@H]3c3cnccn3)CC2)c(F)cn1. The number of carbonyl (C=O) groups is 1. The normalized spacial score (nSPS) is 25.1. The second-order valence-corrected chi connectivity index (χ2v) is 7.77. The Morgan fingerprint density at radius 1 is 1.18 bits per heavy atom. The van der Waals surface area contributed by atoms with E-state index in [1.54, 1.807) is 18.6 Å². The molecule has 0 aromatic carbocycles. The standard InChI is InChI=1S/C21H25FN4O2/c1-14-10-17(18(22)12-25-14)11-15-2-4-16(5-3-15)21(27)26-20(6-9-28-26)19-13-23-7-8-24-19/h7-8,10,12-13,15-16,20H,2-6,9,11H2,1H3/t15?,16?,20-/m0/s1. The Labute approximate surface area is 164 Å². The van der Waals surface area contributed by atoms with E-state index in [2.05, 4.69) is 15.0 Å². The highest BCUT2D eigenvalue weighted by Crippen LogP contribution is 2.36. The van der Waals surface area contributed by atoms with E-state index >= 15 is 0 Å². The molecule has 28 heavy (non-hydrogen) atoms. The van der Waals surface area contributed by atoms with Crippen LogP contribution < -0.4 is 0 Å². The molecule has 6 nitrogen and oxygen atoms in total. The highest BCUT2D eigenvalue weighted by molar-refractivity contribution is 5.78. The van der Waals surface area contributed by atoms with E-state index < -0.39 is 0 Å². The fourth-order valence-electron chi connectivity index (χ4n) is 4.30. The zero-order valence-electron chi connectivity index (χ0n) is 16.1. The second-order valence-electron chi connectivity index (χ2n) is 7.77. The molecule has 1 amide bonds. The molecule has 1 aliphatic carbocycles. The molecule has 0 spiro atoms. The van der Waals surface area contributed by atoms with Crippen LogP contribution in [0, 0.1) is 24.6 Å². The van der Waals surface area contributed by atoms with Crippen LogP contribution in [-0.4, -0.2) is 32.5 Å². The second kappa shape index (κ2) is 8.31. The van der Waals surface area contributed by atoms with Gasteiger partial charge in [0.05, 0.1) is 24.7 Å². The Bertz CT molecular complexity index is 824. The molecule has 2 fully saturated rings. The first-order chi connectivity index (χ1) is 13.6. The number of rotatable bonds is 4. The van der Waals surface area contributed by atoms with E-state index in [-0.39, 0.29) is 23.7 Å². The Morgan fingerprint density at radius 2 is 2.00 bits per heavy atom. The summed E-state index contributed by atoms with van der Waals surface area (Å²) in [7, 11) is 0. The van der Waals surface area contributed by atoms with Gasteiger partial charge in [0.15, 0.2) is 0 Å². The van der Waals surface area contributed by atoms with Crippen molar-refractivity contribution in [2.75, 3.05) is 6.61 Å². The third-order valence-electron chi connectivity index (χ3n) is 5.82. The number of aromatic nitrogens is 3. The summed E-state index contributed by atoms with van der Waals surface area (Å²) in [6, 6.07) is 1.67. The van der Waals surface area contributed by atoms with Crippen molar-refractivity contribution in [3.63, 3.8) is 0 Å². The predicted octanol–water partition coefficient (Wildman–Crippen LogP) is 3.57. The van der Waals surface area contributed by atoms with E-state index in [1.165, 1.54) is 11.3 Å². The van der Waals surface area contributed by atoms with Crippen molar-refractivity contribution in [1.82, 2.24) is 20.0 Å². The fraction of sp³-hybridized carbons (Fsp3) is 0.524. The van der Waals surface area contributed by atoms with Crippen LogP contribution in [0.4, 0.5) is 4.39 Å². The van der Waals surface area contributed by atoms with Gasteiger partial charge in [-0.1, -0.05) is 0 Å². The number of hydroxylamine groups is 2. The Kier molecular flexibility index (Phi) is 5.62. The van der Waals surface area contributed by atoms with Gasteiger partial charge in [0.2, 0.25) is 5.91 Å². The molecule has 1 saturated heterocycles.